The first kappa shape index (κ1) is 21.2. The van der Waals surface area contributed by atoms with E-state index in [4.69, 9.17) is 0 Å². The van der Waals surface area contributed by atoms with E-state index >= 15 is 0 Å². The summed E-state index contributed by atoms with van der Waals surface area (Å²) in [5, 5.41) is 15.3. The van der Waals surface area contributed by atoms with Crippen LogP contribution in [0.5, 0.6) is 0 Å². The lowest BCUT2D eigenvalue weighted by Gasteiger charge is -2.31. The Morgan fingerprint density at radius 2 is 1.74 bits per heavy atom. The highest BCUT2D eigenvalue weighted by atomic mass is 32.2. The Morgan fingerprint density at radius 3 is 2.26 bits per heavy atom. The largest absolute Gasteiger partial charge is 0.376 e. The lowest BCUT2D eigenvalue weighted by atomic mass is 9.83. The van der Waals surface area contributed by atoms with Gasteiger partial charge in [-0.25, -0.2) is 8.42 Å². The van der Waals surface area contributed by atoms with Crippen LogP contribution in [-0.4, -0.2) is 43.8 Å². The highest BCUT2D eigenvalue weighted by Crippen LogP contribution is 2.27. The van der Waals surface area contributed by atoms with Gasteiger partial charge in [-0.2, -0.15) is 9.57 Å². The van der Waals surface area contributed by atoms with Crippen molar-refractivity contribution in [1.82, 2.24) is 9.62 Å². The van der Waals surface area contributed by atoms with Crippen molar-refractivity contribution in [3.63, 3.8) is 0 Å². The van der Waals surface area contributed by atoms with E-state index in [9.17, 15) is 18.5 Å². The van der Waals surface area contributed by atoms with Crippen LogP contribution in [-0.2, 0) is 14.8 Å². The smallest absolute Gasteiger partial charge is 0.243 e. The van der Waals surface area contributed by atoms with E-state index in [-0.39, 0.29) is 17.3 Å². The average molecular weight is 393 g/mol. The number of sulfonamides is 1. The Balaban J connectivity index is 1.95. The molecule has 148 valence electrons. The molecule has 1 fully saturated rings. The molecule has 0 aromatic heterocycles. The van der Waals surface area contributed by atoms with E-state index in [1.165, 1.54) is 16.4 Å². The van der Waals surface area contributed by atoms with Gasteiger partial charge in [0, 0.05) is 18.8 Å². The molecule has 0 spiro atoms. The van der Waals surface area contributed by atoms with E-state index in [0.29, 0.717) is 31.6 Å². The summed E-state index contributed by atoms with van der Waals surface area (Å²) in [6, 6.07) is 8.61. The van der Waals surface area contributed by atoms with E-state index in [1.54, 1.807) is 26.0 Å². The molecule has 1 aliphatic rings. The van der Waals surface area contributed by atoms with E-state index in [2.05, 4.69) is 16.7 Å². The highest BCUT2D eigenvalue weighted by molar-refractivity contribution is 7.89. The maximum Gasteiger partial charge on any atom is 0.243 e. The molecule has 1 amide bonds. The predicted octanol–water partition coefficient (Wildman–Crippen LogP) is 2.47. The van der Waals surface area contributed by atoms with Crippen LogP contribution >= 0.6 is 0 Å². The number of amides is 1. The summed E-state index contributed by atoms with van der Waals surface area (Å²) in [6.07, 6.45) is 4.37. The van der Waals surface area contributed by atoms with Crippen LogP contribution in [0.4, 0.5) is 5.69 Å². The third-order valence-electron chi connectivity index (χ3n) is 4.95. The van der Waals surface area contributed by atoms with Gasteiger partial charge in [-0.05, 0) is 37.1 Å². The van der Waals surface area contributed by atoms with Gasteiger partial charge in [-0.15, -0.1) is 0 Å². The molecule has 1 aliphatic carbocycles. The molecule has 0 heterocycles. The number of nitrogens with one attached hydrogen (secondary N) is 2. The van der Waals surface area contributed by atoms with Crippen LogP contribution in [0.15, 0.2) is 29.2 Å². The lowest BCUT2D eigenvalue weighted by molar-refractivity contribution is -0.121. The molecule has 0 bridgehead atoms. The van der Waals surface area contributed by atoms with Gasteiger partial charge < -0.3 is 10.6 Å². The topological polar surface area (TPSA) is 102 Å². The standard InChI is InChI=1S/C19H28N4O3S/c1-3-23(4-2)27(25,26)17-10-8-16(9-11-17)21-14-18(24)22-19(15-20)12-6-5-7-13-19/h8-11,21H,3-7,12-14H2,1-2H3,(H,22,24). The molecule has 1 aromatic rings. The highest BCUT2D eigenvalue weighted by Gasteiger charge is 2.33. The van der Waals surface area contributed by atoms with Crippen molar-refractivity contribution in [2.24, 2.45) is 0 Å². The van der Waals surface area contributed by atoms with Crippen molar-refractivity contribution in [1.29, 1.82) is 5.26 Å². The molecule has 1 saturated carbocycles. The summed E-state index contributed by atoms with van der Waals surface area (Å²) >= 11 is 0. The molecule has 7 nitrogen and oxygen atoms in total. The Morgan fingerprint density at radius 1 is 1.15 bits per heavy atom. The van der Waals surface area contributed by atoms with E-state index in [1.807, 2.05) is 0 Å². The number of carbonyl (C=O) groups is 1. The summed E-state index contributed by atoms with van der Waals surface area (Å²) < 4.78 is 26.3. The number of nitriles is 1. The molecule has 0 aliphatic heterocycles. The SMILES string of the molecule is CCN(CC)S(=O)(=O)c1ccc(NCC(=O)NC2(C#N)CCCCC2)cc1. The fourth-order valence-corrected chi connectivity index (χ4v) is 4.83. The first-order valence-electron chi connectivity index (χ1n) is 9.43. The number of anilines is 1. The molecule has 1 aromatic carbocycles. The molecule has 0 unspecified atom stereocenters. The van der Waals surface area contributed by atoms with Crippen LogP contribution in [0.1, 0.15) is 46.0 Å². The van der Waals surface area contributed by atoms with Gasteiger partial charge in [0.15, 0.2) is 0 Å². The van der Waals surface area contributed by atoms with Crippen LogP contribution < -0.4 is 10.6 Å². The fourth-order valence-electron chi connectivity index (χ4n) is 3.37. The number of carbonyl (C=O) groups excluding carboxylic acids is 1. The summed E-state index contributed by atoms with van der Waals surface area (Å²) in [5.74, 6) is -0.238. The maximum atomic E-state index is 12.5. The number of nitrogens with zero attached hydrogens (tertiary/aromatic N) is 2. The second kappa shape index (κ2) is 9.20. The van der Waals surface area contributed by atoms with Gasteiger partial charge in [-0.1, -0.05) is 33.1 Å². The van der Waals surface area contributed by atoms with Crippen LogP contribution in [0.25, 0.3) is 0 Å². The molecule has 2 rings (SSSR count). The molecule has 0 saturated heterocycles. The van der Waals surface area contributed by atoms with E-state index in [0.717, 1.165) is 19.3 Å². The quantitative estimate of drug-likeness (QED) is 0.707. The minimum Gasteiger partial charge on any atom is -0.376 e. The summed E-state index contributed by atoms with van der Waals surface area (Å²) in [7, 11) is -3.49. The van der Waals surface area contributed by atoms with E-state index < -0.39 is 15.6 Å². The molecule has 27 heavy (non-hydrogen) atoms. The zero-order valence-corrected chi connectivity index (χ0v) is 16.8. The maximum absolute atomic E-state index is 12.5. The first-order valence-corrected chi connectivity index (χ1v) is 10.9. The van der Waals surface area contributed by atoms with Gasteiger partial charge in [0.25, 0.3) is 0 Å². The molecular weight excluding hydrogens is 364 g/mol. The van der Waals surface area contributed by atoms with Gasteiger partial charge in [0.05, 0.1) is 17.5 Å². The zero-order valence-electron chi connectivity index (χ0n) is 16.0. The Labute approximate surface area is 161 Å². The van der Waals surface area contributed by atoms with Gasteiger partial charge in [0.2, 0.25) is 15.9 Å². The Hall–Kier alpha value is -2.11. The van der Waals surface area contributed by atoms with Gasteiger partial charge >= 0.3 is 0 Å². The van der Waals surface area contributed by atoms with Gasteiger partial charge in [-0.3, -0.25) is 4.79 Å². The van der Waals surface area contributed by atoms with Crippen LogP contribution in [0, 0.1) is 11.3 Å². The van der Waals surface area contributed by atoms with Crippen molar-refractivity contribution in [3.05, 3.63) is 24.3 Å². The molecular formula is C19H28N4O3S. The Bertz CT molecular complexity index is 774. The molecule has 0 radical (unpaired) electrons. The second-order valence-electron chi connectivity index (χ2n) is 6.77. The summed E-state index contributed by atoms with van der Waals surface area (Å²) in [5.41, 5.74) is -0.100. The second-order valence-corrected chi connectivity index (χ2v) is 8.71. The number of hydrogen-bond donors (Lipinski definition) is 2. The lowest BCUT2D eigenvalue weighted by Crippen LogP contribution is -2.50. The number of rotatable bonds is 8. The predicted molar refractivity (Wildman–Crippen MR) is 105 cm³/mol. The number of hydrogen-bond acceptors (Lipinski definition) is 5. The van der Waals surface area contributed by atoms with Crippen LogP contribution in [0.3, 0.4) is 0 Å². The van der Waals surface area contributed by atoms with Crippen molar-refractivity contribution in [2.75, 3.05) is 25.0 Å². The van der Waals surface area contributed by atoms with Crippen molar-refractivity contribution < 1.29 is 13.2 Å². The molecule has 0 atom stereocenters. The minimum absolute atomic E-state index is 0.0333. The first-order chi connectivity index (χ1) is 12.9. The molecule has 2 N–H and O–H groups in total. The van der Waals surface area contributed by atoms with Crippen molar-refractivity contribution >= 4 is 21.6 Å². The molecule has 8 heteroatoms. The van der Waals surface area contributed by atoms with Crippen molar-refractivity contribution in [3.8, 4) is 6.07 Å². The number of benzene rings is 1. The normalized spacial score (nSPS) is 16.5. The zero-order chi connectivity index (χ0) is 19.9. The fraction of sp³-hybridized carbons (Fsp3) is 0.579. The van der Waals surface area contributed by atoms with Crippen LogP contribution in [0.2, 0.25) is 0 Å². The van der Waals surface area contributed by atoms with Gasteiger partial charge in [0.1, 0.15) is 5.54 Å². The average Bonchev–Trinajstić information content (AvgIpc) is 2.68. The summed E-state index contributed by atoms with van der Waals surface area (Å²) in [6.45, 7) is 4.47. The third kappa shape index (κ3) is 5.21. The summed E-state index contributed by atoms with van der Waals surface area (Å²) in [4.78, 5) is 12.4. The van der Waals surface area contributed by atoms with Crippen molar-refractivity contribution in [2.45, 2.75) is 56.4 Å². The third-order valence-corrected chi connectivity index (χ3v) is 7.01. The minimum atomic E-state index is -3.49. The monoisotopic (exact) mass is 392 g/mol. The Kier molecular flexibility index (Phi) is 7.22.